The maximum absolute atomic E-state index is 12.5. The number of nitrogens with zero attached hydrogens (tertiary/aromatic N) is 1. The lowest BCUT2D eigenvalue weighted by Gasteiger charge is -2.31. The summed E-state index contributed by atoms with van der Waals surface area (Å²) in [5.41, 5.74) is 2.09. The Balaban J connectivity index is 1.25. The van der Waals surface area contributed by atoms with Gasteiger partial charge in [0.15, 0.2) is 0 Å². The zero-order valence-electron chi connectivity index (χ0n) is 16.0. The van der Waals surface area contributed by atoms with E-state index in [2.05, 4.69) is 10.6 Å². The van der Waals surface area contributed by atoms with Crippen LogP contribution in [0.15, 0.2) is 48.5 Å². The van der Waals surface area contributed by atoms with E-state index >= 15 is 0 Å². The van der Waals surface area contributed by atoms with Crippen molar-refractivity contribution in [3.63, 3.8) is 0 Å². The van der Waals surface area contributed by atoms with Crippen LogP contribution in [-0.2, 0) is 20.8 Å². The number of hydrogen-bond acceptors (Lipinski definition) is 4. The molecule has 0 radical (unpaired) electrons. The molecular weight excluding hydrogens is 370 g/mol. The summed E-state index contributed by atoms with van der Waals surface area (Å²) in [6.07, 6.45) is 1.89. The van der Waals surface area contributed by atoms with Crippen LogP contribution in [0, 0.1) is 5.92 Å². The lowest BCUT2D eigenvalue weighted by atomic mass is 9.97. The number of benzene rings is 2. The predicted molar refractivity (Wildman–Crippen MR) is 109 cm³/mol. The van der Waals surface area contributed by atoms with Gasteiger partial charge < -0.3 is 20.3 Å². The minimum atomic E-state index is -0.652. The number of fused-ring (bicyclic) bond motifs is 1. The Labute approximate surface area is 169 Å². The monoisotopic (exact) mass is 393 g/mol. The van der Waals surface area contributed by atoms with Gasteiger partial charge in [-0.2, -0.15) is 0 Å². The van der Waals surface area contributed by atoms with Gasteiger partial charge in [0.1, 0.15) is 5.75 Å². The first-order chi connectivity index (χ1) is 14.1. The summed E-state index contributed by atoms with van der Waals surface area (Å²) in [4.78, 5) is 37.9. The number of carbonyl (C=O) groups excluding carboxylic acids is 3. The minimum Gasteiger partial charge on any atom is -0.493 e. The second-order valence-corrected chi connectivity index (χ2v) is 7.41. The van der Waals surface area contributed by atoms with Crippen molar-refractivity contribution in [2.45, 2.75) is 19.3 Å². The van der Waals surface area contributed by atoms with Crippen molar-refractivity contribution in [2.24, 2.45) is 5.92 Å². The van der Waals surface area contributed by atoms with Crippen LogP contribution < -0.4 is 15.4 Å². The van der Waals surface area contributed by atoms with Gasteiger partial charge in [-0.05, 0) is 54.7 Å². The van der Waals surface area contributed by atoms with E-state index in [4.69, 9.17) is 4.74 Å². The molecule has 2 aliphatic rings. The highest BCUT2D eigenvalue weighted by atomic mass is 16.5. The van der Waals surface area contributed by atoms with Crippen LogP contribution in [0.25, 0.3) is 0 Å². The van der Waals surface area contributed by atoms with Crippen molar-refractivity contribution in [2.75, 3.05) is 30.3 Å². The fourth-order valence-electron chi connectivity index (χ4n) is 3.67. The molecule has 0 aromatic heterocycles. The lowest BCUT2D eigenvalue weighted by molar-refractivity contribution is -0.144. The van der Waals surface area contributed by atoms with Crippen LogP contribution in [-0.4, -0.2) is 42.3 Å². The van der Waals surface area contributed by atoms with E-state index in [1.54, 1.807) is 23.1 Å². The van der Waals surface area contributed by atoms with Crippen LogP contribution in [0.3, 0.4) is 0 Å². The van der Waals surface area contributed by atoms with Gasteiger partial charge in [0.05, 0.1) is 13.0 Å². The number of rotatable bonds is 4. The first-order valence-electron chi connectivity index (χ1n) is 9.79. The second-order valence-electron chi connectivity index (χ2n) is 7.41. The maximum atomic E-state index is 12.5. The molecule has 7 nitrogen and oxygen atoms in total. The number of carbonyl (C=O) groups is 3. The average molecular weight is 393 g/mol. The van der Waals surface area contributed by atoms with Gasteiger partial charge in [0.25, 0.3) is 0 Å². The van der Waals surface area contributed by atoms with Gasteiger partial charge in [-0.3, -0.25) is 14.4 Å². The summed E-state index contributed by atoms with van der Waals surface area (Å²) >= 11 is 0. The van der Waals surface area contributed by atoms with Gasteiger partial charge in [-0.1, -0.05) is 18.2 Å². The topological polar surface area (TPSA) is 87.7 Å². The minimum absolute atomic E-state index is 0.0707. The van der Waals surface area contributed by atoms with E-state index in [1.165, 1.54) is 0 Å². The Kier molecular flexibility index (Phi) is 5.46. The Bertz CT molecular complexity index is 921. The van der Waals surface area contributed by atoms with E-state index in [9.17, 15) is 14.4 Å². The van der Waals surface area contributed by atoms with E-state index < -0.39 is 11.8 Å². The maximum Gasteiger partial charge on any atom is 0.313 e. The predicted octanol–water partition coefficient (Wildman–Crippen LogP) is 2.44. The Morgan fingerprint density at radius 1 is 1.10 bits per heavy atom. The van der Waals surface area contributed by atoms with Gasteiger partial charge >= 0.3 is 11.8 Å². The number of ether oxygens (including phenoxy) is 1. The van der Waals surface area contributed by atoms with Crippen molar-refractivity contribution in [1.29, 1.82) is 0 Å². The molecule has 0 atom stereocenters. The smallest absolute Gasteiger partial charge is 0.313 e. The third-order valence-electron chi connectivity index (χ3n) is 5.31. The largest absolute Gasteiger partial charge is 0.493 e. The summed E-state index contributed by atoms with van der Waals surface area (Å²) in [6, 6.07) is 14.8. The molecule has 2 aromatic carbocycles. The summed E-state index contributed by atoms with van der Waals surface area (Å²) in [6.45, 7) is 1.69. The van der Waals surface area contributed by atoms with Gasteiger partial charge in [0.2, 0.25) is 5.91 Å². The molecule has 2 heterocycles. The fraction of sp³-hybridized carbons (Fsp3) is 0.318. The first kappa shape index (κ1) is 19.0. The molecule has 2 aromatic rings. The van der Waals surface area contributed by atoms with E-state index in [0.717, 1.165) is 29.8 Å². The fourth-order valence-corrected chi connectivity index (χ4v) is 3.67. The molecule has 0 bridgehead atoms. The normalized spacial score (nSPS) is 16.1. The van der Waals surface area contributed by atoms with Crippen molar-refractivity contribution in [1.82, 2.24) is 4.90 Å². The lowest BCUT2D eigenvalue weighted by Crippen LogP contribution is -2.44. The molecule has 2 aliphatic heterocycles. The number of piperidine rings is 1. The van der Waals surface area contributed by atoms with E-state index in [0.29, 0.717) is 31.3 Å². The van der Waals surface area contributed by atoms with Crippen LogP contribution in [0.2, 0.25) is 0 Å². The molecule has 3 amide bonds. The summed E-state index contributed by atoms with van der Waals surface area (Å²) < 4.78 is 5.80. The van der Waals surface area contributed by atoms with Gasteiger partial charge in [-0.25, -0.2) is 0 Å². The Morgan fingerprint density at radius 3 is 2.62 bits per heavy atom. The molecule has 1 fully saturated rings. The zero-order valence-corrected chi connectivity index (χ0v) is 16.0. The molecule has 7 heteroatoms. The quantitative estimate of drug-likeness (QED) is 0.781. The summed E-state index contributed by atoms with van der Waals surface area (Å²) in [7, 11) is 0. The van der Waals surface area contributed by atoms with Crippen molar-refractivity contribution >= 4 is 29.1 Å². The number of amides is 3. The Hall–Kier alpha value is -3.35. The number of likely N-dealkylation sites (tertiary alicyclic amines) is 1. The molecule has 0 saturated carbocycles. The molecule has 29 heavy (non-hydrogen) atoms. The van der Waals surface area contributed by atoms with E-state index in [-0.39, 0.29) is 12.3 Å². The molecular formula is C22H23N3O4. The molecule has 0 spiro atoms. The Morgan fingerprint density at radius 2 is 1.86 bits per heavy atom. The highest BCUT2D eigenvalue weighted by Gasteiger charge is 2.28. The molecule has 4 rings (SSSR count). The van der Waals surface area contributed by atoms with Crippen LogP contribution in [0.5, 0.6) is 5.75 Å². The average Bonchev–Trinajstić information content (AvgIpc) is 3.12. The number of hydrogen-bond donors (Lipinski definition) is 2. The van der Waals surface area contributed by atoms with Crippen LogP contribution in [0.1, 0.15) is 18.4 Å². The van der Waals surface area contributed by atoms with E-state index in [1.807, 2.05) is 30.3 Å². The molecule has 150 valence electrons. The first-order valence-corrected chi connectivity index (χ1v) is 9.79. The number of para-hydroxylation sites is 1. The van der Waals surface area contributed by atoms with Crippen molar-refractivity contribution < 1.29 is 19.1 Å². The van der Waals surface area contributed by atoms with Crippen molar-refractivity contribution in [3.05, 3.63) is 54.1 Å². The molecule has 0 aliphatic carbocycles. The third kappa shape index (κ3) is 4.56. The SMILES string of the molecule is O=C1Cc2cc(NC(=O)C(=O)N3CCC(COc4ccccc4)CC3)ccc2N1. The zero-order chi connectivity index (χ0) is 20.2. The summed E-state index contributed by atoms with van der Waals surface area (Å²) in [5, 5.41) is 5.39. The highest BCUT2D eigenvalue weighted by molar-refractivity contribution is 6.39. The standard InChI is InChI=1S/C22H23N3O4/c26-20-13-16-12-17(6-7-19(16)24-20)23-21(27)22(28)25-10-8-15(9-11-25)14-29-18-4-2-1-3-5-18/h1-7,12,15H,8-11,13-14H2,(H,23,27)(H,24,26). The highest BCUT2D eigenvalue weighted by Crippen LogP contribution is 2.26. The van der Waals surface area contributed by atoms with Crippen molar-refractivity contribution in [3.8, 4) is 5.75 Å². The van der Waals surface area contributed by atoms with Gasteiger partial charge in [0, 0.05) is 24.5 Å². The molecule has 1 saturated heterocycles. The molecule has 2 N–H and O–H groups in total. The number of anilines is 2. The van der Waals surface area contributed by atoms with Gasteiger partial charge in [-0.15, -0.1) is 0 Å². The third-order valence-corrected chi connectivity index (χ3v) is 5.31. The number of nitrogens with one attached hydrogen (secondary N) is 2. The van der Waals surface area contributed by atoms with Crippen LogP contribution in [0.4, 0.5) is 11.4 Å². The molecule has 0 unspecified atom stereocenters. The second kappa shape index (κ2) is 8.34. The van der Waals surface area contributed by atoms with Crippen LogP contribution >= 0.6 is 0 Å². The summed E-state index contributed by atoms with van der Waals surface area (Å²) in [5.74, 6) is -0.0392.